The first kappa shape index (κ1) is 16.7. The summed E-state index contributed by atoms with van der Waals surface area (Å²) in [5.74, 6) is 0.583. The van der Waals surface area contributed by atoms with Crippen molar-refractivity contribution >= 4 is 17.5 Å². The number of ether oxygens (including phenoxy) is 1. The summed E-state index contributed by atoms with van der Waals surface area (Å²) in [5.41, 5.74) is 1.13. The molecule has 126 valence electrons. The van der Waals surface area contributed by atoms with Crippen LogP contribution in [0.4, 0.5) is 0 Å². The summed E-state index contributed by atoms with van der Waals surface area (Å²) in [6.45, 7) is 3.81. The highest BCUT2D eigenvalue weighted by Crippen LogP contribution is 2.20. The van der Waals surface area contributed by atoms with E-state index >= 15 is 0 Å². The number of carbonyl (C=O) groups is 1. The Hall–Kier alpha value is -2.11. The summed E-state index contributed by atoms with van der Waals surface area (Å²) >= 11 is 5.95. The van der Waals surface area contributed by atoms with Gasteiger partial charge in [0.15, 0.2) is 6.10 Å². The van der Waals surface area contributed by atoms with Crippen LogP contribution >= 0.6 is 11.6 Å². The van der Waals surface area contributed by atoms with Crippen molar-refractivity contribution in [1.82, 2.24) is 15.2 Å². The van der Waals surface area contributed by atoms with Crippen molar-refractivity contribution in [3.63, 3.8) is 0 Å². The summed E-state index contributed by atoms with van der Waals surface area (Å²) < 4.78 is 5.75. The van der Waals surface area contributed by atoms with Gasteiger partial charge in [0, 0.05) is 37.1 Å². The summed E-state index contributed by atoms with van der Waals surface area (Å²) in [7, 11) is 0. The van der Waals surface area contributed by atoms with E-state index in [1.54, 1.807) is 43.6 Å². The first-order valence-electron chi connectivity index (χ1n) is 7.98. The van der Waals surface area contributed by atoms with E-state index in [1.807, 2.05) is 17.0 Å². The normalized spacial score (nSPS) is 18.9. The molecule has 1 aliphatic heterocycles. The minimum absolute atomic E-state index is 0.0180. The second kappa shape index (κ2) is 7.64. The van der Waals surface area contributed by atoms with Crippen LogP contribution in [0.3, 0.4) is 0 Å². The lowest BCUT2D eigenvalue weighted by Crippen LogP contribution is -2.51. The van der Waals surface area contributed by atoms with Crippen LogP contribution in [0.2, 0.25) is 5.02 Å². The van der Waals surface area contributed by atoms with Gasteiger partial charge in [0.05, 0.1) is 6.04 Å². The van der Waals surface area contributed by atoms with E-state index in [4.69, 9.17) is 16.3 Å². The molecule has 2 atom stereocenters. The highest BCUT2D eigenvalue weighted by atomic mass is 35.5. The maximum absolute atomic E-state index is 12.7. The molecule has 0 aliphatic carbocycles. The molecule has 5 nitrogen and oxygen atoms in total. The molecule has 3 rings (SSSR count). The predicted molar refractivity (Wildman–Crippen MR) is 93.1 cm³/mol. The van der Waals surface area contributed by atoms with Crippen molar-refractivity contribution < 1.29 is 9.53 Å². The molecule has 1 aromatic heterocycles. The minimum Gasteiger partial charge on any atom is -0.481 e. The van der Waals surface area contributed by atoms with Gasteiger partial charge in [0.1, 0.15) is 5.75 Å². The molecule has 2 aromatic rings. The van der Waals surface area contributed by atoms with Gasteiger partial charge in [-0.3, -0.25) is 9.78 Å². The molecular formula is C18H20ClN3O2. The van der Waals surface area contributed by atoms with E-state index < -0.39 is 6.10 Å². The predicted octanol–water partition coefficient (Wildman–Crippen LogP) is 2.68. The second-order valence-corrected chi connectivity index (χ2v) is 6.23. The van der Waals surface area contributed by atoms with Gasteiger partial charge in [-0.15, -0.1) is 0 Å². The fourth-order valence-corrected chi connectivity index (χ4v) is 3.00. The first-order valence-corrected chi connectivity index (χ1v) is 8.35. The number of pyridine rings is 1. The topological polar surface area (TPSA) is 54.5 Å². The highest BCUT2D eigenvalue weighted by Gasteiger charge is 2.28. The molecule has 0 saturated carbocycles. The van der Waals surface area contributed by atoms with Gasteiger partial charge in [-0.1, -0.05) is 17.7 Å². The van der Waals surface area contributed by atoms with Gasteiger partial charge in [-0.05, 0) is 42.8 Å². The van der Waals surface area contributed by atoms with Gasteiger partial charge in [-0.25, -0.2) is 0 Å². The van der Waals surface area contributed by atoms with Gasteiger partial charge in [0.2, 0.25) is 0 Å². The molecule has 0 unspecified atom stereocenters. The van der Waals surface area contributed by atoms with E-state index in [0.717, 1.165) is 12.1 Å². The Morgan fingerprint density at radius 2 is 2.17 bits per heavy atom. The van der Waals surface area contributed by atoms with Crippen LogP contribution < -0.4 is 10.1 Å². The zero-order valence-corrected chi connectivity index (χ0v) is 14.2. The van der Waals surface area contributed by atoms with E-state index in [-0.39, 0.29) is 11.9 Å². The molecule has 2 heterocycles. The fourth-order valence-electron chi connectivity index (χ4n) is 2.82. The average molecular weight is 346 g/mol. The third-order valence-electron chi connectivity index (χ3n) is 4.05. The van der Waals surface area contributed by atoms with Crippen LogP contribution in [-0.2, 0) is 4.79 Å². The standard InChI is InChI=1S/C18H20ClN3O2/c1-13(24-16-4-2-3-15(19)11-16)18(23)22-10-9-21-17(12-22)14-5-7-20-8-6-14/h2-8,11,13,17,21H,9-10,12H2,1H3/t13-,17+/m1/s1. The molecule has 1 amide bonds. The van der Waals surface area contributed by atoms with Gasteiger partial charge >= 0.3 is 0 Å². The quantitative estimate of drug-likeness (QED) is 0.925. The lowest BCUT2D eigenvalue weighted by molar-refractivity contribution is -0.139. The average Bonchev–Trinajstić information content (AvgIpc) is 2.62. The molecule has 1 aliphatic rings. The monoisotopic (exact) mass is 345 g/mol. The summed E-state index contributed by atoms with van der Waals surface area (Å²) in [6, 6.07) is 11.1. The number of halogens is 1. The molecule has 24 heavy (non-hydrogen) atoms. The number of carbonyl (C=O) groups excluding carboxylic acids is 1. The third-order valence-corrected chi connectivity index (χ3v) is 4.29. The smallest absolute Gasteiger partial charge is 0.263 e. The van der Waals surface area contributed by atoms with Gasteiger partial charge in [-0.2, -0.15) is 0 Å². The Bertz CT molecular complexity index is 696. The number of piperazine rings is 1. The molecule has 0 radical (unpaired) electrons. The number of nitrogens with zero attached hydrogens (tertiary/aromatic N) is 2. The van der Waals surface area contributed by atoms with Crippen LogP contribution in [0, 0.1) is 0 Å². The Kier molecular flexibility index (Phi) is 5.33. The van der Waals surface area contributed by atoms with Crippen LogP contribution in [0.1, 0.15) is 18.5 Å². The Labute approximate surface area is 146 Å². The lowest BCUT2D eigenvalue weighted by Gasteiger charge is -2.35. The summed E-state index contributed by atoms with van der Waals surface area (Å²) in [5, 5.41) is 4.03. The Morgan fingerprint density at radius 3 is 2.92 bits per heavy atom. The second-order valence-electron chi connectivity index (χ2n) is 5.79. The third kappa shape index (κ3) is 4.04. The van der Waals surface area contributed by atoms with Crippen molar-refractivity contribution in [3.05, 3.63) is 59.4 Å². The minimum atomic E-state index is -0.556. The maximum Gasteiger partial charge on any atom is 0.263 e. The molecule has 1 aromatic carbocycles. The van der Waals surface area contributed by atoms with Crippen molar-refractivity contribution in [1.29, 1.82) is 0 Å². The number of hydrogen-bond donors (Lipinski definition) is 1. The molecular weight excluding hydrogens is 326 g/mol. The van der Waals surface area contributed by atoms with Crippen LogP contribution in [0.5, 0.6) is 5.75 Å². The number of benzene rings is 1. The van der Waals surface area contributed by atoms with E-state index in [1.165, 1.54) is 0 Å². The largest absolute Gasteiger partial charge is 0.481 e. The number of rotatable bonds is 4. The number of hydrogen-bond acceptors (Lipinski definition) is 4. The summed E-state index contributed by atoms with van der Waals surface area (Å²) in [4.78, 5) is 18.6. The summed E-state index contributed by atoms with van der Waals surface area (Å²) in [6.07, 6.45) is 2.98. The van der Waals surface area contributed by atoms with Crippen molar-refractivity contribution in [3.8, 4) is 5.75 Å². The van der Waals surface area contributed by atoms with E-state index in [9.17, 15) is 4.79 Å². The number of amides is 1. The van der Waals surface area contributed by atoms with Gasteiger partial charge in [0.25, 0.3) is 5.91 Å². The van der Waals surface area contributed by atoms with Crippen molar-refractivity contribution in [2.75, 3.05) is 19.6 Å². The van der Waals surface area contributed by atoms with Gasteiger partial charge < -0.3 is 15.0 Å². The van der Waals surface area contributed by atoms with Crippen molar-refractivity contribution in [2.45, 2.75) is 19.1 Å². The molecule has 1 N–H and O–H groups in total. The molecule has 1 fully saturated rings. The molecule has 0 bridgehead atoms. The van der Waals surface area contributed by atoms with E-state index in [2.05, 4.69) is 10.3 Å². The highest BCUT2D eigenvalue weighted by molar-refractivity contribution is 6.30. The lowest BCUT2D eigenvalue weighted by atomic mass is 10.1. The molecule has 1 saturated heterocycles. The van der Waals surface area contributed by atoms with Crippen LogP contribution in [0.25, 0.3) is 0 Å². The SMILES string of the molecule is C[C@@H](Oc1cccc(Cl)c1)C(=O)N1CCN[C@H](c2ccncc2)C1. The fraction of sp³-hybridized carbons (Fsp3) is 0.333. The Morgan fingerprint density at radius 1 is 1.38 bits per heavy atom. The van der Waals surface area contributed by atoms with E-state index in [0.29, 0.717) is 23.9 Å². The maximum atomic E-state index is 12.7. The zero-order chi connectivity index (χ0) is 16.9. The zero-order valence-electron chi connectivity index (χ0n) is 13.5. The molecule has 6 heteroatoms. The van der Waals surface area contributed by atoms with Crippen LogP contribution in [0.15, 0.2) is 48.8 Å². The van der Waals surface area contributed by atoms with Crippen LogP contribution in [-0.4, -0.2) is 41.5 Å². The Balaban J connectivity index is 1.63. The van der Waals surface area contributed by atoms with Crippen molar-refractivity contribution in [2.24, 2.45) is 0 Å². The molecule has 0 spiro atoms. The number of aromatic nitrogens is 1. The number of nitrogens with one attached hydrogen (secondary N) is 1. The first-order chi connectivity index (χ1) is 11.6.